The molecule has 1 atom stereocenters. The molecule has 0 radical (unpaired) electrons. The third-order valence-corrected chi connectivity index (χ3v) is 4.11. The Labute approximate surface area is 152 Å². The minimum absolute atomic E-state index is 0.149. The molecule has 0 unspecified atom stereocenters. The number of benzene rings is 1. The first-order valence-electron chi connectivity index (χ1n) is 7.82. The van der Waals surface area contributed by atoms with Crippen LogP contribution in [0.3, 0.4) is 0 Å². The molecular formula is C17H24ClNO4S. The predicted octanol–water partition coefficient (Wildman–Crippen LogP) is 3.55. The van der Waals surface area contributed by atoms with Gasteiger partial charge in [-0.05, 0) is 30.9 Å². The molecule has 1 aromatic rings. The molecule has 0 heterocycles. The standard InChI is InChI=1S/C17H24ClNO4S/c1-3-22-16(20)15(9-12-24-2)19(11-10-18)17(21)23-13-14-7-5-4-6-8-14/h4-8,15H,3,9-13H2,1-2H3/t15-/m0/s1. The topological polar surface area (TPSA) is 55.8 Å². The van der Waals surface area contributed by atoms with Crippen molar-refractivity contribution < 1.29 is 19.1 Å². The van der Waals surface area contributed by atoms with Gasteiger partial charge in [0, 0.05) is 12.4 Å². The lowest BCUT2D eigenvalue weighted by molar-refractivity contribution is -0.149. The molecule has 0 aromatic heterocycles. The molecule has 7 heteroatoms. The van der Waals surface area contributed by atoms with Crippen LogP contribution in [0.15, 0.2) is 30.3 Å². The van der Waals surface area contributed by atoms with E-state index in [0.29, 0.717) is 6.42 Å². The molecule has 1 aromatic carbocycles. The zero-order valence-electron chi connectivity index (χ0n) is 14.1. The van der Waals surface area contributed by atoms with E-state index in [-0.39, 0.29) is 25.6 Å². The second-order valence-electron chi connectivity index (χ2n) is 4.97. The molecule has 0 aliphatic carbocycles. The number of ether oxygens (including phenoxy) is 2. The van der Waals surface area contributed by atoms with Crippen molar-refractivity contribution in [1.82, 2.24) is 4.90 Å². The number of thioether (sulfide) groups is 1. The third kappa shape index (κ3) is 7.01. The molecule has 134 valence electrons. The van der Waals surface area contributed by atoms with Crippen LogP contribution in [0.2, 0.25) is 0 Å². The first-order valence-corrected chi connectivity index (χ1v) is 9.75. The van der Waals surface area contributed by atoms with Gasteiger partial charge in [-0.3, -0.25) is 4.90 Å². The van der Waals surface area contributed by atoms with Crippen LogP contribution >= 0.6 is 23.4 Å². The van der Waals surface area contributed by atoms with E-state index in [4.69, 9.17) is 21.1 Å². The molecule has 0 spiro atoms. The first kappa shape index (κ1) is 20.6. The van der Waals surface area contributed by atoms with Gasteiger partial charge in [0.25, 0.3) is 0 Å². The van der Waals surface area contributed by atoms with Gasteiger partial charge in [-0.25, -0.2) is 9.59 Å². The van der Waals surface area contributed by atoms with Gasteiger partial charge < -0.3 is 9.47 Å². The van der Waals surface area contributed by atoms with Gasteiger partial charge in [-0.1, -0.05) is 30.3 Å². The Bertz CT molecular complexity index is 501. The summed E-state index contributed by atoms with van der Waals surface area (Å²) in [5.74, 6) is 0.525. The van der Waals surface area contributed by atoms with Gasteiger partial charge in [0.1, 0.15) is 12.6 Å². The quantitative estimate of drug-likeness (QED) is 0.463. The van der Waals surface area contributed by atoms with Gasteiger partial charge in [-0.15, -0.1) is 11.6 Å². The summed E-state index contributed by atoms with van der Waals surface area (Å²) in [6.45, 7) is 2.38. The van der Waals surface area contributed by atoms with Crippen LogP contribution in [0.4, 0.5) is 4.79 Å². The van der Waals surface area contributed by atoms with Gasteiger partial charge in [0.2, 0.25) is 0 Å². The van der Waals surface area contributed by atoms with E-state index in [2.05, 4.69) is 0 Å². The number of carbonyl (C=O) groups excluding carboxylic acids is 2. The zero-order valence-corrected chi connectivity index (χ0v) is 15.6. The number of esters is 1. The van der Waals surface area contributed by atoms with Crippen LogP contribution in [-0.4, -0.2) is 54.0 Å². The van der Waals surface area contributed by atoms with Gasteiger partial charge in [-0.2, -0.15) is 11.8 Å². The van der Waals surface area contributed by atoms with Crippen LogP contribution in [0.25, 0.3) is 0 Å². The van der Waals surface area contributed by atoms with Gasteiger partial charge >= 0.3 is 12.1 Å². The number of carbonyl (C=O) groups is 2. The van der Waals surface area contributed by atoms with E-state index in [0.717, 1.165) is 11.3 Å². The lowest BCUT2D eigenvalue weighted by atomic mass is 10.2. The molecular weight excluding hydrogens is 350 g/mol. The molecule has 0 fully saturated rings. The van der Waals surface area contributed by atoms with Gasteiger partial charge in [0.05, 0.1) is 6.61 Å². The number of halogens is 1. The Balaban J connectivity index is 2.78. The summed E-state index contributed by atoms with van der Waals surface area (Å²) in [5, 5.41) is 0. The molecule has 5 nitrogen and oxygen atoms in total. The van der Waals surface area contributed by atoms with Crippen LogP contribution < -0.4 is 0 Å². The lowest BCUT2D eigenvalue weighted by Crippen LogP contribution is -2.47. The van der Waals surface area contributed by atoms with E-state index in [1.54, 1.807) is 18.7 Å². The molecule has 0 aliphatic heterocycles. The molecule has 0 saturated carbocycles. The van der Waals surface area contributed by atoms with E-state index < -0.39 is 18.1 Å². The van der Waals surface area contributed by atoms with Crippen molar-refractivity contribution in [2.75, 3.05) is 31.0 Å². The van der Waals surface area contributed by atoms with Gasteiger partial charge in [0.15, 0.2) is 0 Å². The number of alkyl halides is 1. The maximum atomic E-state index is 12.5. The largest absolute Gasteiger partial charge is 0.464 e. The lowest BCUT2D eigenvalue weighted by Gasteiger charge is -2.28. The fourth-order valence-electron chi connectivity index (χ4n) is 2.14. The summed E-state index contributed by atoms with van der Waals surface area (Å²) >= 11 is 7.41. The van der Waals surface area contributed by atoms with Crippen LogP contribution in [0, 0.1) is 0 Å². The highest BCUT2D eigenvalue weighted by molar-refractivity contribution is 7.98. The normalized spacial score (nSPS) is 11.6. The monoisotopic (exact) mass is 373 g/mol. The summed E-state index contributed by atoms with van der Waals surface area (Å²) in [4.78, 5) is 26.0. The molecule has 0 N–H and O–H groups in total. The van der Waals surface area contributed by atoms with Crippen molar-refractivity contribution in [3.63, 3.8) is 0 Å². The highest BCUT2D eigenvalue weighted by Crippen LogP contribution is 2.14. The minimum Gasteiger partial charge on any atom is -0.464 e. The van der Waals surface area contributed by atoms with Crippen molar-refractivity contribution in [2.45, 2.75) is 26.0 Å². The Hall–Kier alpha value is -1.40. The number of amides is 1. The molecule has 1 rings (SSSR count). The fourth-order valence-corrected chi connectivity index (χ4v) is 2.78. The SMILES string of the molecule is CCOC(=O)[C@H](CCSC)N(CCCl)C(=O)OCc1ccccc1. The Kier molecular flexibility index (Phi) is 10.4. The number of hydrogen-bond acceptors (Lipinski definition) is 5. The second kappa shape index (κ2) is 12.0. The number of hydrogen-bond donors (Lipinski definition) is 0. The Morgan fingerprint density at radius 1 is 1.25 bits per heavy atom. The van der Waals surface area contributed by atoms with Crippen LogP contribution in [-0.2, 0) is 20.9 Å². The van der Waals surface area contributed by atoms with Crippen molar-refractivity contribution in [2.24, 2.45) is 0 Å². The van der Waals surface area contributed by atoms with Crippen molar-refractivity contribution in [3.8, 4) is 0 Å². The third-order valence-electron chi connectivity index (χ3n) is 3.30. The predicted molar refractivity (Wildman–Crippen MR) is 97.5 cm³/mol. The molecule has 0 bridgehead atoms. The highest BCUT2D eigenvalue weighted by atomic mass is 35.5. The number of rotatable bonds is 10. The van der Waals surface area contributed by atoms with E-state index in [1.165, 1.54) is 4.90 Å². The van der Waals surface area contributed by atoms with Crippen LogP contribution in [0.5, 0.6) is 0 Å². The molecule has 0 aliphatic rings. The van der Waals surface area contributed by atoms with E-state index in [9.17, 15) is 9.59 Å². The van der Waals surface area contributed by atoms with E-state index >= 15 is 0 Å². The maximum Gasteiger partial charge on any atom is 0.410 e. The summed E-state index contributed by atoms with van der Waals surface area (Å²) in [6.07, 6.45) is 1.89. The summed E-state index contributed by atoms with van der Waals surface area (Å²) < 4.78 is 10.4. The van der Waals surface area contributed by atoms with E-state index in [1.807, 2.05) is 36.6 Å². The van der Waals surface area contributed by atoms with Crippen molar-refractivity contribution in [1.29, 1.82) is 0 Å². The van der Waals surface area contributed by atoms with Crippen molar-refractivity contribution >= 4 is 35.4 Å². The average Bonchev–Trinajstić information content (AvgIpc) is 2.60. The second-order valence-corrected chi connectivity index (χ2v) is 6.34. The fraction of sp³-hybridized carbons (Fsp3) is 0.529. The first-order chi connectivity index (χ1) is 11.6. The smallest absolute Gasteiger partial charge is 0.410 e. The summed E-state index contributed by atoms with van der Waals surface area (Å²) in [7, 11) is 0. The highest BCUT2D eigenvalue weighted by Gasteiger charge is 2.31. The Morgan fingerprint density at radius 2 is 1.96 bits per heavy atom. The maximum absolute atomic E-state index is 12.5. The molecule has 1 amide bonds. The molecule has 24 heavy (non-hydrogen) atoms. The zero-order chi connectivity index (χ0) is 17.8. The Morgan fingerprint density at radius 3 is 2.54 bits per heavy atom. The average molecular weight is 374 g/mol. The van der Waals surface area contributed by atoms with Crippen molar-refractivity contribution in [3.05, 3.63) is 35.9 Å². The number of nitrogens with zero attached hydrogens (tertiary/aromatic N) is 1. The summed E-state index contributed by atoms with van der Waals surface area (Å²) in [5.41, 5.74) is 0.883. The minimum atomic E-state index is -0.681. The summed E-state index contributed by atoms with van der Waals surface area (Å²) in [6, 6.07) is 8.70. The van der Waals surface area contributed by atoms with Crippen LogP contribution in [0.1, 0.15) is 18.9 Å². The molecule has 0 saturated heterocycles.